The number of carbonyl (C=O) groups excluding carboxylic acids is 1. The minimum absolute atomic E-state index is 0.180. The number of halogens is 3. The smallest absolute Gasteiger partial charge is 0.445 e. The first-order valence-corrected chi connectivity index (χ1v) is 9.86. The highest BCUT2D eigenvalue weighted by Crippen LogP contribution is 2.35. The van der Waals surface area contributed by atoms with E-state index in [4.69, 9.17) is 4.42 Å². The zero-order valence-electron chi connectivity index (χ0n) is 16.8. The zero-order valence-corrected chi connectivity index (χ0v) is 16.8. The normalized spacial score (nSPS) is 15.9. The number of anilines is 1. The van der Waals surface area contributed by atoms with E-state index in [0.717, 1.165) is 5.56 Å². The first kappa shape index (κ1) is 21.7. The molecule has 0 bridgehead atoms. The van der Waals surface area contributed by atoms with Crippen molar-refractivity contribution < 1.29 is 32.2 Å². The number of nitrogens with one attached hydrogen (secondary N) is 1. The minimum atomic E-state index is -4.81. The number of benzene rings is 2. The minimum Gasteiger partial charge on any atom is -0.445 e. The monoisotopic (exact) mass is 447 g/mol. The van der Waals surface area contributed by atoms with Crippen LogP contribution in [-0.2, 0) is 5.60 Å². The molecule has 10 heteroatoms. The van der Waals surface area contributed by atoms with E-state index in [0.29, 0.717) is 17.1 Å². The molecule has 1 fully saturated rings. The van der Waals surface area contributed by atoms with Gasteiger partial charge in [0.05, 0.1) is 11.8 Å². The summed E-state index contributed by atoms with van der Waals surface area (Å²) in [7, 11) is 0. The fourth-order valence-electron chi connectivity index (χ4n) is 3.62. The van der Waals surface area contributed by atoms with Crippen LogP contribution in [0.4, 0.5) is 23.7 Å². The Hall–Kier alpha value is -3.53. The highest BCUT2D eigenvalue weighted by molar-refractivity contribution is 5.89. The Morgan fingerprint density at radius 1 is 1.16 bits per heavy atom. The van der Waals surface area contributed by atoms with Gasteiger partial charge in [-0.15, -0.1) is 13.2 Å². The third-order valence-electron chi connectivity index (χ3n) is 5.30. The van der Waals surface area contributed by atoms with Gasteiger partial charge in [-0.2, -0.15) is 0 Å². The van der Waals surface area contributed by atoms with Gasteiger partial charge in [0.1, 0.15) is 12.0 Å². The topological polar surface area (TPSA) is 87.8 Å². The average molecular weight is 447 g/mol. The molecule has 0 radical (unpaired) electrons. The molecule has 0 unspecified atom stereocenters. The Labute approximate surface area is 181 Å². The molecule has 0 saturated carbocycles. The highest BCUT2D eigenvalue weighted by Gasteiger charge is 2.37. The first-order valence-electron chi connectivity index (χ1n) is 9.86. The van der Waals surface area contributed by atoms with E-state index in [1.165, 1.54) is 24.5 Å². The van der Waals surface area contributed by atoms with Gasteiger partial charge >= 0.3 is 12.4 Å². The molecule has 1 saturated heterocycles. The van der Waals surface area contributed by atoms with Crippen molar-refractivity contribution >= 4 is 11.7 Å². The molecule has 4 rings (SSSR count). The van der Waals surface area contributed by atoms with E-state index in [2.05, 4.69) is 15.0 Å². The predicted molar refractivity (Wildman–Crippen MR) is 109 cm³/mol. The lowest BCUT2D eigenvalue weighted by Gasteiger charge is -2.38. The van der Waals surface area contributed by atoms with Crippen LogP contribution < -0.4 is 10.1 Å². The van der Waals surface area contributed by atoms with Gasteiger partial charge in [-0.1, -0.05) is 12.1 Å². The van der Waals surface area contributed by atoms with Crippen molar-refractivity contribution in [2.45, 2.75) is 24.8 Å². The maximum Gasteiger partial charge on any atom is 0.573 e. The number of aromatic nitrogens is 1. The summed E-state index contributed by atoms with van der Waals surface area (Å²) >= 11 is 0. The van der Waals surface area contributed by atoms with Crippen LogP contribution in [0.5, 0.6) is 5.75 Å². The van der Waals surface area contributed by atoms with E-state index in [-0.39, 0.29) is 32.0 Å². The molecular weight excluding hydrogens is 427 g/mol. The second kappa shape index (κ2) is 8.54. The van der Waals surface area contributed by atoms with Crippen LogP contribution >= 0.6 is 0 Å². The molecule has 3 aromatic rings. The van der Waals surface area contributed by atoms with E-state index >= 15 is 0 Å². The Morgan fingerprint density at radius 3 is 2.50 bits per heavy atom. The summed E-state index contributed by atoms with van der Waals surface area (Å²) < 4.78 is 46.6. The average Bonchev–Trinajstić information content (AvgIpc) is 3.29. The molecule has 0 spiro atoms. The second-order valence-corrected chi connectivity index (χ2v) is 7.44. The van der Waals surface area contributed by atoms with Gasteiger partial charge in [-0.05, 0) is 54.8 Å². The van der Waals surface area contributed by atoms with Crippen molar-refractivity contribution in [2.24, 2.45) is 0 Å². The van der Waals surface area contributed by atoms with Gasteiger partial charge in [-0.25, -0.2) is 9.78 Å². The molecule has 0 atom stereocenters. The van der Waals surface area contributed by atoms with Crippen LogP contribution in [0.2, 0.25) is 0 Å². The summed E-state index contributed by atoms with van der Waals surface area (Å²) in [5.41, 5.74) is 0.330. The third-order valence-corrected chi connectivity index (χ3v) is 5.30. The molecule has 2 N–H and O–H groups in total. The number of oxazole rings is 1. The van der Waals surface area contributed by atoms with Crippen LogP contribution in [0.3, 0.4) is 0 Å². The molecule has 2 amide bonds. The van der Waals surface area contributed by atoms with Gasteiger partial charge in [0.15, 0.2) is 0 Å². The Morgan fingerprint density at radius 2 is 1.88 bits per heavy atom. The molecule has 7 nitrogen and oxygen atoms in total. The summed E-state index contributed by atoms with van der Waals surface area (Å²) in [6.07, 6.45) is -1.43. The molecule has 32 heavy (non-hydrogen) atoms. The maximum atomic E-state index is 12.6. The van der Waals surface area contributed by atoms with E-state index in [1.807, 2.05) is 0 Å². The van der Waals surface area contributed by atoms with Gasteiger partial charge in [-0.3, -0.25) is 0 Å². The lowest BCUT2D eigenvalue weighted by molar-refractivity contribution is -0.274. The van der Waals surface area contributed by atoms with Crippen molar-refractivity contribution in [2.75, 3.05) is 18.4 Å². The number of carbonyl (C=O) groups is 1. The number of hydrogen-bond donors (Lipinski definition) is 2. The number of nitrogens with zero attached hydrogens (tertiary/aromatic N) is 2. The standard InChI is InChI=1S/C22H20F3N3O4/c23-22(24,25)32-18-3-1-2-16(14-18)21(30)8-11-28(12-9-21)20(29)27-17-6-4-15(5-7-17)19-26-10-13-31-19/h1-7,10,13-14,30H,8-9,11-12H2,(H,27,29). The Kier molecular flexibility index (Phi) is 5.79. The van der Waals surface area contributed by atoms with Crippen molar-refractivity contribution in [3.63, 3.8) is 0 Å². The van der Waals surface area contributed by atoms with Crippen LogP contribution in [0.25, 0.3) is 11.5 Å². The molecule has 2 heterocycles. The van der Waals surface area contributed by atoms with E-state index in [1.54, 1.807) is 41.4 Å². The van der Waals surface area contributed by atoms with Crippen LogP contribution in [0.15, 0.2) is 65.4 Å². The third kappa shape index (κ3) is 5.02. The number of ether oxygens (including phenoxy) is 1. The number of aliphatic hydroxyl groups is 1. The molecule has 1 aliphatic heterocycles. The number of amides is 2. The fourth-order valence-corrected chi connectivity index (χ4v) is 3.62. The number of piperidine rings is 1. The van der Waals surface area contributed by atoms with Crippen LogP contribution in [0.1, 0.15) is 18.4 Å². The molecular formula is C22H20F3N3O4. The molecule has 168 valence electrons. The zero-order chi connectivity index (χ0) is 22.8. The number of alkyl halides is 3. The Bertz CT molecular complexity index is 1060. The summed E-state index contributed by atoms with van der Waals surface area (Å²) in [6, 6.07) is 12.0. The van der Waals surface area contributed by atoms with Crippen LogP contribution in [-0.4, -0.2) is 40.5 Å². The van der Waals surface area contributed by atoms with Crippen molar-refractivity contribution in [1.29, 1.82) is 0 Å². The molecule has 2 aromatic carbocycles. The van der Waals surface area contributed by atoms with Gasteiger partial charge in [0.2, 0.25) is 5.89 Å². The lowest BCUT2D eigenvalue weighted by Crippen LogP contribution is -2.46. The first-order chi connectivity index (χ1) is 15.2. The van der Waals surface area contributed by atoms with Crippen molar-refractivity contribution in [3.8, 4) is 17.2 Å². The summed E-state index contributed by atoms with van der Waals surface area (Å²) in [5.74, 6) is 0.0830. The SMILES string of the molecule is O=C(Nc1ccc(-c2ncco2)cc1)N1CCC(O)(c2cccc(OC(F)(F)F)c2)CC1. The molecule has 0 aliphatic carbocycles. The number of urea groups is 1. The molecule has 1 aliphatic rings. The summed E-state index contributed by atoms with van der Waals surface area (Å²) in [5, 5.41) is 13.8. The van der Waals surface area contributed by atoms with Crippen molar-refractivity contribution in [1.82, 2.24) is 9.88 Å². The summed E-state index contributed by atoms with van der Waals surface area (Å²) in [4.78, 5) is 18.2. The maximum absolute atomic E-state index is 12.6. The van der Waals surface area contributed by atoms with Crippen LogP contribution in [0, 0.1) is 0 Å². The lowest BCUT2D eigenvalue weighted by atomic mass is 9.84. The van der Waals surface area contributed by atoms with E-state index < -0.39 is 17.7 Å². The number of hydrogen-bond acceptors (Lipinski definition) is 5. The predicted octanol–water partition coefficient (Wildman–Crippen LogP) is 4.76. The second-order valence-electron chi connectivity index (χ2n) is 7.44. The largest absolute Gasteiger partial charge is 0.573 e. The van der Waals surface area contributed by atoms with Gasteiger partial charge < -0.3 is 24.5 Å². The quantitative estimate of drug-likeness (QED) is 0.602. The Balaban J connectivity index is 1.36. The number of rotatable bonds is 4. The number of likely N-dealkylation sites (tertiary alicyclic amines) is 1. The van der Waals surface area contributed by atoms with Gasteiger partial charge in [0.25, 0.3) is 0 Å². The van der Waals surface area contributed by atoms with Gasteiger partial charge in [0, 0.05) is 24.3 Å². The van der Waals surface area contributed by atoms with Crippen molar-refractivity contribution in [3.05, 3.63) is 66.6 Å². The van der Waals surface area contributed by atoms with E-state index in [9.17, 15) is 23.1 Å². The highest BCUT2D eigenvalue weighted by atomic mass is 19.4. The summed E-state index contributed by atoms with van der Waals surface area (Å²) in [6.45, 7) is 0.474. The molecule has 1 aromatic heterocycles. The fraction of sp³-hybridized carbons (Fsp3) is 0.273.